The van der Waals surface area contributed by atoms with Gasteiger partial charge in [0.2, 0.25) is 0 Å². The summed E-state index contributed by atoms with van der Waals surface area (Å²) in [6, 6.07) is 9.33. The predicted octanol–water partition coefficient (Wildman–Crippen LogP) is 4.67. The molecule has 0 bridgehead atoms. The van der Waals surface area contributed by atoms with Gasteiger partial charge in [-0.25, -0.2) is 4.79 Å². The van der Waals surface area contributed by atoms with Gasteiger partial charge < -0.3 is 15.4 Å². The van der Waals surface area contributed by atoms with Crippen molar-refractivity contribution in [3.05, 3.63) is 29.8 Å². The lowest BCUT2D eigenvalue weighted by Crippen LogP contribution is -2.50. The van der Waals surface area contributed by atoms with E-state index in [-0.39, 0.29) is 12.1 Å². The van der Waals surface area contributed by atoms with Gasteiger partial charge in [-0.2, -0.15) is 0 Å². The molecular formula is C19H30N2O2. The zero-order valence-corrected chi connectivity index (χ0v) is 15.0. The number of nitrogens with one attached hydrogen (secondary N) is 2. The third-order valence-corrected chi connectivity index (χ3v) is 4.32. The molecule has 1 aliphatic rings. The summed E-state index contributed by atoms with van der Waals surface area (Å²) in [5, 5.41) is 6.44. The Hall–Kier alpha value is -1.71. The summed E-state index contributed by atoms with van der Waals surface area (Å²) in [6.07, 6.45) is 2.71. The lowest BCUT2D eigenvalue weighted by Gasteiger charge is -2.37. The number of hydrogen-bond donors (Lipinski definition) is 2. The number of carbonyl (C=O) groups is 1. The summed E-state index contributed by atoms with van der Waals surface area (Å²) in [7, 11) is 0. The maximum Gasteiger partial charge on any atom is 0.407 e. The summed E-state index contributed by atoms with van der Waals surface area (Å²) in [5.41, 5.74) is 2.09. The van der Waals surface area contributed by atoms with Crippen LogP contribution in [0.4, 0.5) is 10.5 Å². The van der Waals surface area contributed by atoms with Gasteiger partial charge in [0.05, 0.1) is 0 Å². The highest BCUT2D eigenvalue weighted by Crippen LogP contribution is 2.26. The van der Waals surface area contributed by atoms with Gasteiger partial charge in [0.25, 0.3) is 0 Å². The molecule has 0 radical (unpaired) electrons. The van der Waals surface area contributed by atoms with E-state index in [2.05, 4.69) is 48.7 Å². The van der Waals surface area contributed by atoms with Crippen molar-refractivity contribution in [1.82, 2.24) is 5.32 Å². The van der Waals surface area contributed by atoms with E-state index in [9.17, 15) is 4.79 Å². The zero-order chi connectivity index (χ0) is 17.0. The largest absolute Gasteiger partial charge is 0.444 e. The van der Waals surface area contributed by atoms with E-state index in [1.54, 1.807) is 0 Å². The van der Waals surface area contributed by atoms with Gasteiger partial charge in [-0.15, -0.1) is 0 Å². The van der Waals surface area contributed by atoms with E-state index in [0.29, 0.717) is 12.0 Å². The van der Waals surface area contributed by atoms with E-state index >= 15 is 0 Å². The predicted molar refractivity (Wildman–Crippen MR) is 95.0 cm³/mol. The molecule has 1 unspecified atom stereocenters. The Kier molecular flexibility index (Phi) is 5.55. The van der Waals surface area contributed by atoms with Gasteiger partial charge in [-0.3, -0.25) is 0 Å². The van der Waals surface area contributed by atoms with Gasteiger partial charge in [-0.05, 0) is 63.6 Å². The fraction of sp³-hybridized carbons (Fsp3) is 0.632. The summed E-state index contributed by atoms with van der Waals surface area (Å²) < 4.78 is 5.27. The Morgan fingerprint density at radius 1 is 1.22 bits per heavy atom. The lowest BCUT2D eigenvalue weighted by atomic mass is 9.86. The number of rotatable bonds is 5. The molecule has 4 heteroatoms. The van der Waals surface area contributed by atoms with Gasteiger partial charge >= 0.3 is 6.09 Å². The normalized spacial score (nSPS) is 22.0. The van der Waals surface area contributed by atoms with Crippen LogP contribution in [-0.2, 0) is 4.74 Å². The van der Waals surface area contributed by atoms with Gasteiger partial charge in [0.1, 0.15) is 5.60 Å². The highest BCUT2D eigenvalue weighted by Gasteiger charge is 2.31. The average molecular weight is 318 g/mol. The molecule has 4 nitrogen and oxygen atoms in total. The molecule has 2 N–H and O–H groups in total. The van der Waals surface area contributed by atoms with Crippen molar-refractivity contribution in [2.24, 2.45) is 0 Å². The van der Waals surface area contributed by atoms with Gasteiger partial charge in [-0.1, -0.05) is 26.0 Å². The fourth-order valence-electron chi connectivity index (χ4n) is 2.71. The minimum Gasteiger partial charge on any atom is -0.444 e. The lowest BCUT2D eigenvalue weighted by molar-refractivity contribution is 0.0475. The molecule has 2 rings (SSSR count). The van der Waals surface area contributed by atoms with E-state index in [1.807, 2.05) is 20.8 Å². The first-order valence-electron chi connectivity index (χ1n) is 8.63. The Morgan fingerprint density at radius 2 is 1.83 bits per heavy atom. The molecule has 1 aliphatic carbocycles. The van der Waals surface area contributed by atoms with E-state index in [1.165, 1.54) is 5.56 Å². The monoisotopic (exact) mass is 318 g/mol. The first-order chi connectivity index (χ1) is 10.8. The number of carbonyl (C=O) groups excluding carboxylic acids is 1. The Bertz CT molecular complexity index is 513. The molecule has 1 aromatic rings. The third-order valence-electron chi connectivity index (χ3n) is 4.32. The van der Waals surface area contributed by atoms with Crippen LogP contribution in [0, 0.1) is 0 Å². The molecule has 0 aromatic heterocycles. The number of amides is 1. The summed E-state index contributed by atoms with van der Waals surface area (Å²) in [6.45, 7) is 10.1. The fourth-order valence-corrected chi connectivity index (χ4v) is 2.71. The molecule has 1 fully saturated rings. The van der Waals surface area contributed by atoms with Crippen LogP contribution in [0.5, 0.6) is 0 Å². The van der Waals surface area contributed by atoms with Crippen molar-refractivity contribution in [2.75, 3.05) is 5.32 Å². The van der Waals surface area contributed by atoms with Gasteiger partial charge in [0.15, 0.2) is 0 Å². The zero-order valence-electron chi connectivity index (χ0n) is 15.0. The molecule has 0 heterocycles. The average Bonchev–Trinajstić information content (AvgIpc) is 2.43. The van der Waals surface area contributed by atoms with Crippen molar-refractivity contribution in [2.45, 2.75) is 77.5 Å². The summed E-state index contributed by atoms with van der Waals surface area (Å²) in [5.74, 6) is 0.607. The van der Waals surface area contributed by atoms with Crippen LogP contribution >= 0.6 is 0 Å². The van der Waals surface area contributed by atoms with Crippen LogP contribution in [0.1, 0.15) is 65.4 Å². The minimum atomic E-state index is -0.442. The van der Waals surface area contributed by atoms with Crippen LogP contribution in [0.3, 0.4) is 0 Å². The molecule has 1 amide bonds. The summed E-state index contributed by atoms with van der Waals surface area (Å²) >= 11 is 0. The van der Waals surface area contributed by atoms with Crippen LogP contribution in [0.25, 0.3) is 0 Å². The molecule has 23 heavy (non-hydrogen) atoms. The molecule has 1 aromatic carbocycles. The van der Waals surface area contributed by atoms with E-state index < -0.39 is 5.60 Å². The van der Waals surface area contributed by atoms with Crippen molar-refractivity contribution in [3.8, 4) is 0 Å². The highest BCUT2D eigenvalue weighted by molar-refractivity contribution is 5.68. The first-order valence-corrected chi connectivity index (χ1v) is 8.63. The number of benzene rings is 1. The van der Waals surface area contributed by atoms with Crippen LogP contribution in [0.15, 0.2) is 24.3 Å². The maximum atomic E-state index is 11.7. The highest BCUT2D eigenvalue weighted by atomic mass is 16.6. The number of hydrogen-bond acceptors (Lipinski definition) is 3. The van der Waals surface area contributed by atoms with Crippen molar-refractivity contribution in [1.29, 1.82) is 0 Å². The van der Waals surface area contributed by atoms with Crippen molar-refractivity contribution in [3.63, 3.8) is 0 Å². The molecule has 0 aliphatic heterocycles. The maximum absolute atomic E-state index is 11.7. The molecule has 128 valence electrons. The number of alkyl carbamates (subject to hydrolysis) is 1. The minimum absolute atomic E-state index is 0.210. The Morgan fingerprint density at radius 3 is 2.35 bits per heavy atom. The standard InChI is InChI=1S/C19H30N2O2/c1-6-13(2)14-7-9-15(10-8-14)20-16-11-17(12-16)21-18(22)23-19(3,4)5/h7-10,13,16-17,20H,6,11-12H2,1-5H3,(H,21,22). The second-order valence-electron chi connectivity index (χ2n) is 7.59. The van der Waals surface area contributed by atoms with Crippen molar-refractivity contribution >= 4 is 11.8 Å². The number of anilines is 1. The molecule has 0 saturated heterocycles. The smallest absolute Gasteiger partial charge is 0.407 e. The Labute approximate surface area is 140 Å². The second-order valence-corrected chi connectivity index (χ2v) is 7.59. The Balaban J connectivity index is 1.72. The van der Waals surface area contributed by atoms with Crippen molar-refractivity contribution < 1.29 is 9.53 Å². The second kappa shape index (κ2) is 7.24. The molecule has 0 spiro atoms. The SMILES string of the molecule is CCC(C)c1ccc(NC2CC(NC(=O)OC(C)(C)C)C2)cc1. The van der Waals surface area contributed by atoms with E-state index in [4.69, 9.17) is 4.74 Å². The van der Waals surface area contributed by atoms with E-state index in [0.717, 1.165) is 24.9 Å². The first kappa shape index (κ1) is 17.6. The topological polar surface area (TPSA) is 50.4 Å². The molecule has 1 saturated carbocycles. The summed E-state index contributed by atoms with van der Waals surface area (Å²) in [4.78, 5) is 11.7. The van der Waals surface area contributed by atoms with Gasteiger partial charge in [0, 0.05) is 17.8 Å². The molecule has 1 atom stereocenters. The van der Waals surface area contributed by atoms with Crippen LogP contribution in [0.2, 0.25) is 0 Å². The van der Waals surface area contributed by atoms with Crippen LogP contribution < -0.4 is 10.6 Å². The van der Waals surface area contributed by atoms with Crippen LogP contribution in [-0.4, -0.2) is 23.8 Å². The number of ether oxygens (including phenoxy) is 1. The quantitative estimate of drug-likeness (QED) is 0.829. The molecular weight excluding hydrogens is 288 g/mol. The third kappa shape index (κ3) is 5.45.